The van der Waals surface area contributed by atoms with Gasteiger partial charge in [0.1, 0.15) is 0 Å². The number of nitrogens with zero attached hydrogens (tertiary/aromatic N) is 2. The van der Waals surface area contributed by atoms with E-state index in [4.69, 9.17) is 9.84 Å². The topological polar surface area (TPSA) is 24.8 Å². The average molecular weight is 228 g/mol. The van der Waals surface area contributed by atoms with E-state index in [2.05, 4.69) is 18.0 Å². The minimum absolute atomic E-state index is 0. The summed E-state index contributed by atoms with van der Waals surface area (Å²) in [5.74, 6) is 0. The molecule has 0 bridgehead atoms. The average Bonchev–Trinajstić information content (AvgIpc) is 2.66. The first-order valence-electron chi connectivity index (χ1n) is 6.22. The van der Waals surface area contributed by atoms with Crippen LogP contribution in [0.2, 0.25) is 0 Å². The van der Waals surface area contributed by atoms with Crippen LogP contribution in [-0.2, 0) is 4.74 Å². The van der Waals surface area contributed by atoms with Crippen molar-refractivity contribution in [3.63, 3.8) is 0 Å². The van der Waals surface area contributed by atoms with Crippen LogP contribution in [0.4, 0.5) is 0 Å². The third-order valence-electron chi connectivity index (χ3n) is 3.28. The molecule has 1 fully saturated rings. The Morgan fingerprint density at radius 3 is 2.94 bits per heavy atom. The van der Waals surface area contributed by atoms with E-state index in [1.165, 1.54) is 31.3 Å². The minimum Gasteiger partial charge on any atom is -0.449 e. The molecule has 0 N–H and O–H groups in total. The minimum atomic E-state index is 0. The monoisotopic (exact) mass is 228 g/mol. The Bertz CT molecular complexity index is 302. The van der Waals surface area contributed by atoms with Gasteiger partial charge in [-0.25, -0.2) is 5.10 Å². The molecule has 0 spiro atoms. The van der Waals surface area contributed by atoms with Gasteiger partial charge in [-0.2, -0.15) is 0 Å². The van der Waals surface area contributed by atoms with Gasteiger partial charge in [0.15, 0.2) is 0 Å². The van der Waals surface area contributed by atoms with Crippen molar-refractivity contribution >= 4 is 5.71 Å². The number of hydrazone groups is 1. The van der Waals surface area contributed by atoms with Crippen LogP contribution in [0.3, 0.4) is 0 Å². The summed E-state index contributed by atoms with van der Waals surface area (Å²) in [6, 6.07) is 0.474. The summed E-state index contributed by atoms with van der Waals surface area (Å²) in [4.78, 5) is 0. The van der Waals surface area contributed by atoms with Crippen molar-refractivity contribution in [3.05, 3.63) is 11.6 Å². The summed E-state index contributed by atoms with van der Waals surface area (Å²) < 4.78 is 5.23. The quantitative estimate of drug-likeness (QED) is 0.475. The van der Waals surface area contributed by atoms with Crippen molar-refractivity contribution in [2.75, 3.05) is 20.3 Å². The zero-order valence-corrected chi connectivity index (χ0v) is 11.3. The maximum atomic E-state index is 5.23. The van der Waals surface area contributed by atoms with Gasteiger partial charge in [-0.3, -0.25) is 10.6 Å². The van der Waals surface area contributed by atoms with Crippen LogP contribution in [0.25, 0.3) is 0 Å². The Morgan fingerprint density at radius 1 is 1.41 bits per heavy atom. The largest absolute Gasteiger partial charge is 1.00 e. The number of ether oxygens (including phenoxy) is 1. The van der Waals surface area contributed by atoms with Crippen LogP contribution in [0, 0.1) is 6.08 Å². The summed E-state index contributed by atoms with van der Waals surface area (Å²) in [5.41, 5.74) is 2.47. The SMILES string of the molecule is COC[C@@H]1CCCN1/N=C1\[C-]=C(C)CCC1.[Li+]. The molecule has 0 radical (unpaired) electrons. The molecule has 17 heavy (non-hydrogen) atoms. The molecule has 0 aromatic heterocycles. The number of hydrogen-bond acceptors (Lipinski definition) is 3. The smallest absolute Gasteiger partial charge is 0.449 e. The summed E-state index contributed by atoms with van der Waals surface area (Å²) in [6.07, 6.45) is 9.30. The van der Waals surface area contributed by atoms with Crippen molar-refractivity contribution in [2.45, 2.75) is 45.1 Å². The fraction of sp³-hybridized carbons (Fsp3) is 0.769. The van der Waals surface area contributed by atoms with Gasteiger partial charge in [0.25, 0.3) is 0 Å². The summed E-state index contributed by atoms with van der Waals surface area (Å²) in [5, 5.41) is 6.92. The first-order valence-corrected chi connectivity index (χ1v) is 6.22. The predicted molar refractivity (Wildman–Crippen MR) is 65.3 cm³/mol. The first kappa shape index (κ1) is 14.8. The molecular formula is C13H21LiN2O. The van der Waals surface area contributed by atoms with Gasteiger partial charge in [0.05, 0.1) is 12.6 Å². The summed E-state index contributed by atoms with van der Waals surface area (Å²) >= 11 is 0. The van der Waals surface area contributed by atoms with Crippen LogP contribution in [-0.4, -0.2) is 37.0 Å². The fourth-order valence-electron chi connectivity index (χ4n) is 2.44. The third kappa shape index (κ3) is 4.17. The molecule has 3 nitrogen and oxygen atoms in total. The van der Waals surface area contributed by atoms with Gasteiger partial charge < -0.3 is 10.8 Å². The van der Waals surface area contributed by atoms with Crippen molar-refractivity contribution in [1.29, 1.82) is 0 Å². The van der Waals surface area contributed by atoms with Crippen LogP contribution in [0.5, 0.6) is 0 Å². The van der Waals surface area contributed by atoms with E-state index in [1.54, 1.807) is 7.11 Å². The van der Waals surface area contributed by atoms with Crippen molar-refractivity contribution in [3.8, 4) is 0 Å². The molecule has 1 atom stereocenters. The first-order chi connectivity index (χ1) is 7.79. The molecule has 1 aliphatic carbocycles. The maximum Gasteiger partial charge on any atom is 1.00 e. The zero-order chi connectivity index (χ0) is 11.4. The number of allylic oxidation sites excluding steroid dienone is 2. The predicted octanol–water partition coefficient (Wildman–Crippen LogP) is -0.609. The molecule has 1 aliphatic heterocycles. The van der Waals surface area contributed by atoms with E-state index >= 15 is 0 Å². The molecule has 90 valence electrons. The molecule has 0 aromatic carbocycles. The molecule has 2 rings (SSSR count). The zero-order valence-electron chi connectivity index (χ0n) is 11.3. The maximum absolute atomic E-state index is 5.23. The van der Waals surface area contributed by atoms with Crippen LogP contribution < -0.4 is 18.9 Å². The summed E-state index contributed by atoms with van der Waals surface area (Å²) in [7, 11) is 1.76. The van der Waals surface area contributed by atoms with Gasteiger partial charge in [0, 0.05) is 13.7 Å². The van der Waals surface area contributed by atoms with Gasteiger partial charge in [-0.05, 0) is 25.7 Å². The molecule has 0 aromatic rings. The van der Waals surface area contributed by atoms with Gasteiger partial charge in [0.2, 0.25) is 0 Å². The Balaban J connectivity index is 0.00000144. The van der Waals surface area contributed by atoms with Crippen molar-refractivity contribution < 1.29 is 23.6 Å². The summed E-state index contributed by atoms with van der Waals surface area (Å²) in [6.45, 7) is 4.00. The standard InChI is InChI=1S/C13H21N2O.Li/c1-11-5-3-6-12(9-11)14-15-8-4-7-13(15)10-16-2;/h13H,3-8,10H2,1-2H3;/q-1;+1/b14-12-;/t13-;/m0./s1. The molecule has 4 heteroatoms. The number of rotatable bonds is 3. The normalized spacial score (nSPS) is 26.9. The van der Waals surface area contributed by atoms with Crippen LogP contribution in [0.15, 0.2) is 10.7 Å². The van der Waals surface area contributed by atoms with Crippen LogP contribution in [0.1, 0.15) is 39.0 Å². The second kappa shape index (κ2) is 7.26. The van der Waals surface area contributed by atoms with E-state index in [0.717, 1.165) is 25.3 Å². The molecular weight excluding hydrogens is 207 g/mol. The van der Waals surface area contributed by atoms with E-state index in [9.17, 15) is 0 Å². The molecule has 0 saturated carbocycles. The van der Waals surface area contributed by atoms with Crippen molar-refractivity contribution in [2.24, 2.45) is 5.10 Å². The Hall–Kier alpha value is -0.233. The molecule has 1 heterocycles. The molecule has 0 amide bonds. The third-order valence-corrected chi connectivity index (χ3v) is 3.28. The Labute approximate surface area is 116 Å². The molecule has 0 unspecified atom stereocenters. The Morgan fingerprint density at radius 2 is 2.24 bits per heavy atom. The second-order valence-corrected chi connectivity index (χ2v) is 4.72. The van der Waals surface area contributed by atoms with Gasteiger partial charge in [-0.15, -0.1) is 5.71 Å². The number of hydrogen-bond donors (Lipinski definition) is 0. The van der Waals surface area contributed by atoms with E-state index in [1.807, 2.05) is 0 Å². The van der Waals surface area contributed by atoms with E-state index in [0.29, 0.717) is 6.04 Å². The molecule has 2 aliphatic rings. The van der Waals surface area contributed by atoms with Crippen LogP contribution >= 0.6 is 0 Å². The Kier molecular flexibility index (Phi) is 6.33. The fourth-order valence-corrected chi connectivity index (χ4v) is 2.44. The van der Waals surface area contributed by atoms with Crippen molar-refractivity contribution in [1.82, 2.24) is 5.01 Å². The van der Waals surface area contributed by atoms with Gasteiger partial charge in [-0.1, -0.05) is 13.3 Å². The van der Waals surface area contributed by atoms with Gasteiger partial charge >= 0.3 is 18.9 Å². The van der Waals surface area contributed by atoms with E-state index < -0.39 is 0 Å². The van der Waals surface area contributed by atoms with E-state index in [-0.39, 0.29) is 18.9 Å². The molecule has 1 saturated heterocycles. The second-order valence-electron chi connectivity index (χ2n) is 4.72. The number of methoxy groups -OCH3 is 1.